The lowest BCUT2D eigenvalue weighted by molar-refractivity contribution is -0.119. The Morgan fingerprint density at radius 3 is 2.48 bits per heavy atom. The highest BCUT2D eigenvalue weighted by atomic mass is 79.9. The van der Waals surface area contributed by atoms with Gasteiger partial charge < -0.3 is 10.2 Å². The maximum absolute atomic E-state index is 12.3. The maximum Gasteiger partial charge on any atom is 0.256 e. The molecule has 1 fully saturated rings. The van der Waals surface area contributed by atoms with Gasteiger partial charge in [0.15, 0.2) is 0 Å². The average molecular weight is 373 g/mol. The lowest BCUT2D eigenvalue weighted by atomic mass is 10.1. The monoisotopic (exact) mass is 372 g/mol. The van der Waals surface area contributed by atoms with Crippen LogP contribution in [0.1, 0.15) is 29.6 Å². The third kappa shape index (κ3) is 3.62. The number of hydrogen-bond donors (Lipinski definition) is 1. The summed E-state index contributed by atoms with van der Waals surface area (Å²) >= 11 is 3.38. The lowest BCUT2D eigenvalue weighted by Gasteiger charge is -2.26. The van der Waals surface area contributed by atoms with Crippen molar-refractivity contribution < 1.29 is 9.59 Å². The van der Waals surface area contributed by atoms with Crippen LogP contribution in [-0.4, -0.2) is 18.4 Å². The van der Waals surface area contributed by atoms with E-state index in [2.05, 4.69) is 21.2 Å². The van der Waals surface area contributed by atoms with Gasteiger partial charge in [-0.3, -0.25) is 9.59 Å². The van der Waals surface area contributed by atoms with Crippen LogP contribution < -0.4 is 10.2 Å². The molecule has 1 aliphatic rings. The molecule has 0 unspecified atom stereocenters. The van der Waals surface area contributed by atoms with Gasteiger partial charge in [-0.25, -0.2) is 0 Å². The summed E-state index contributed by atoms with van der Waals surface area (Å²) in [4.78, 5) is 26.0. The minimum absolute atomic E-state index is 0.167. The number of hydrogen-bond acceptors (Lipinski definition) is 2. The fourth-order valence-corrected chi connectivity index (χ4v) is 3.11. The predicted octanol–water partition coefficient (Wildman–Crippen LogP) is 4.22. The first kappa shape index (κ1) is 15.7. The van der Waals surface area contributed by atoms with Gasteiger partial charge in [0.1, 0.15) is 0 Å². The lowest BCUT2D eigenvalue weighted by Crippen LogP contribution is -2.35. The molecule has 2 aromatic rings. The summed E-state index contributed by atoms with van der Waals surface area (Å²) in [5, 5.41) is 2.87. The Bertz CT molecular complexity index is 728. The Morgan fingerprint density at radius 2 is 1.78 bits per heavy atom. The van der Waals surface area contributed by atoms with E-state index in [1.54, 1.807) is 6.07 Å². The molecule has 1 N–H and O–H groups in total. The fourth-order valence-electron chi connectivity index (χ4n) is 2.65. The summed E-state index contributed by atoms with van der Waals surface area (Å²) in [6.45, 7) is 0.765. The quantitative estimate of drug-likeness (QED) is 0.876. The van der Waals surface area contributed by atoms with Crippen molar-refractivity contribution in [2.45, 2.75) is 19.3 Å². The van der Waals surface area contributed by atoms with E-state index < -0.39 is 0 Å². The number of piperidine rings is 1. The van der Waals surface area contributed by atoms with Gasteiger partial charge in [0, 0.05) is 28.8 Å². The standard InChI is InChI=1S/C18H17BrN2O2/c19-16-6-2-1-5-15(16)18(23)20-13-8-10-14(11-9-13)21-12-4-3-7-17(21)22/h1-2,5-6,8-11H,3-4,7,12H2,(H,20,23). The van der Waals surface area contributed by atoms with Gasteiger partial charge >= 0.3 is 0 Å². The van der Waals surface area contributed by atoms with Crippen LogP contribution >= 0.6 is 15.9 Å². The van der Waals surface area contributed by atoms with Gasteiger partial charge in [-0.2, -0.15) is 0 Å². The molecule has 1 heterocycles. The molecule has 4 nitrogen and oxygen atoms in total. The maximum atomic E-state index is 12.3. The average Bonchev–Trinajstić information content (AvgIpc) is 2.56. The van der Waals surface area contributed by atoms with Crippen LogP contribution in [0.5, 0.6) is 0 Å². The van der Waals surface area contributed by atoms with E-state index in [1.807, 2.05) is 47.4 Å². The number of nitrogens with one attached hydrogen (secondary N) is 1. The molecule has 0 spiro atoms. The van der Waals surface area contributed by atoms with E-state index in [0.717, 1.165) is 29.5 Å². The molecule has 0 aliphatic carbocycles. The third-order valence-electron chi connectivity index (χ3n) is 3.88. The van der Waals surface area contributed by atoms with Gasteiger partial charge in [0.25, 0.3) is 5.91 Å². The van der Waals surface area contributed by atoms with Crippen molar-refractivity contribution in [2.24, 2.45) is 0 Å². The first-order valence-electron chi connectivity index (χ1n) is 7.61. The summed E-state index contributed by atoms with van der Waals surface area (Å²) < 4.78 is 0.757. The molecule has 1 aliphatic heterocycles. The normalized spacial score (nSPS) is 14.7. The number of benzene rings is 2. The minimum atomic E-state index is -0.167. The van der Waals surface area contributed by atoms with E-state index in [1.165, 1.54) is 0 Å². The SMILES string of the molecule is O=C(Nc1ccc(N2CCCCC2=O)cc1)c1ccccc1Br. The van der Waals surface area contributed by atoms with Crippen molar-refractivity contribution in [3.05, 3.63) is 58.6 Å². The zero-order chi connectivity index (χ0) is 16.2. The van der Waals surface area contributed by atoms with Crippen molar-refractivity contribution >= 4 is 39.1 Å². The largest absolute Gasteiger partial charge is 0.322 e. The van der Waals surface area contributed by atoms with E-state index >= 15 is 0 Å². The number of carbonyl (C=O) groups excluding carboxylic acids is 2. The Hall–Kier alpha value is -2.14. The van der Waals surface area contributed by atoms with Crippen molar-refractivity contribution in [3.63, 3.8) is 0 Å². The van der Waals surface area contributed by atoms with Gasteiger partial charge in [-0.15, -0.1) is 0 Å². The molecule has 2 amide bonds. The third-order valence-corrected chi connectivity index (χ3v) is 4.57. The molecule has 0 radical (unpaired) electrons. The van der Waals surface area contributed by atoms with Crippen molar-refractivity contribution in [1.29, 1.82) is 0 Å². The minimum Gasteiger partial charge on any atom is -0.322 e. The van der Waals surface area contributed by atoms with Gasteiger partial charge in [-0.1, -0.05) is 12.1 Å². The molecular weight excluding hydrogens is 356 g/mol. The number of carbonyl (C=O) groups is 2. The Kier molecular flexibility index (Phi) is 4.76. The van der Waals surface area contributed by atoms with Crippen LogP contribution in [0.2, 0.25) is 0 Å². The smallest absolute Gasteiger partial charge is 0.256 e. The Labute approximate surface area is 143 Å². The van der Waals surface area contributed by atoms with E-state index in [4.69, 9.17) is 0 Å². The zero-order valence-electron chi connectivity index (χ0n) is 12.6. The van der Waals surface area contributed by atoms with Crippen LogP contribution in [-0.2, 0) is 4.79 Å². The van der Waals surface area contributed by atoms with Crippen LogP contribution in [0, 0.1) is 0 Å². The van der Waals surface area contributed by atoms with Crippen molar-refractivity contribution in [1.82, 2.24) is 0 Å². The van der Waals surface area contributed by atoms with E-state index in [-0.39, 0.29) is 11.8 Å². The van der Waals surface area contributed by atoms with Crippen LogP contribution in [0.3, 0.4) is 0 Å². The van der Waals surface area contributed by atoms with Gasteiger partial charge in [0.2, 0.25) is 5.91 Å². The Balaban J connectivity index is 1.71. The molecule has 23 heavy (non-hydrogen) atoms. The molecule has 2 aromatic carbocycles. The molecule has 1 saturated heterocycles. The molecule has 5 heteroatoms. The van der Waals surface area contributed by atoms with Crippen molar-refractivity contribution in [3.8, 4) is 0 Å². The second-order valence-corrected chi connectivity index (χ2v) is 6.34. The summed E-state index contributed by atoms with van der Waals surface area (Å²) in [7, 11) is 0. The van der Waals surface area contributed by atoms with Crippen LogP contribution in [0.25, 0.3) is 0 Å². The summed E-state index contributed by atoms with van der Waals surface area (Å²) in [5.74, 6) is 0.000487. The van der Waals surface area contributed by atoms with E-state index in [0.29, 0.717) is 17.7 Å². The fraction of sp³-hybridized carbons (Fsp3) is 0.222. The van der Waals surface area contributed by atoms with Crippen molar-refractivity contribution in [2.75, 3.05) is 16.8 Å². The number of nitrogens with zero attached hydrogens (tertiary/aromatic N) is 1. The summed E-state index contributed by atoms with van der Waals surface area (Å²) in [5.41, 5.74) is 2.18. The summed E-state index contributed by atoms with van der Waals surface area (Å²) in [6.07, 6.45) is 2.61. The van der Waals surface area contributed by atoms with Gasteiger partial charge in [0.05, 0.1) is 5.56 Å². The number of rotatable bonds is 3. The molecule has 118 valence electrons. The predicted molar refractivity (Wildman–Crippen MR) is 94.7 cm³/mol. The highest BCUT2D eigenvalue weighted by Gasteiger charge is 2.19. The molecule has 0 saturated carbocycles. The highest BCUT2D eigenvalue weighted by molar-refractivity contribution is 9.10. The number of halogens is 1. The number of amides is 2. The highest BCUT2D eigenvalue weighted by Crippen LogP contribution is 2.23. The molecule has 0 bridgehead atoms. The zero-order valence-corrected chi connectivity index (χ0v) is 14.2. The van der Waals surface area contributed by atoms with E-state index in [9.17, 15) is 9.59 Å². The molecule has 3 rings (SSSR count). The molecular formula is C18H17BrN2O2. The first-order valence-corrected chi connectivity index (χ1v) is 8.41. The van der Waals surface area contributed by atoms with Crippen LogP contribution in [0.15, 0.2) is 53.0 Å². The first-order chi connectivity index (χ1) is 11.1. The Morgan fingerprint density at radius 1 is 1.04 bits per heavy atom. The summed E-state index contributed by atoms with van der Waals surface area (Å²) in [6, 6.07) is 14.7. The molecule has 0 atom stereocenters. The number of anilines is 2. The second kappa shape index (κ2) is 6.96. The second-order valence-electron chi connectivity index (χ2n) is 5.48. The van der Waals surface area contributed by atoms with Gasteiger partial charge in [-0.05, 0) is 65.2 Å². The topological polar surface area (TPSA) is 49.4 Å². The van der Waals surface area contributed by atoms with Crippen LogP contribution in [0.4, 0.5) is 11.4 Å². The molecule has 0 aromatic heterocycles.